The lowest BCUT2D eigenvalue weighted by molar-refractivity contribution is -0.870. The highest BCUT2D eigenvalue weighted by Crippen LogP contribution is 2.43. The predicted molar refractivity (Wildman–Crippen MR) is 137 cm³/mol. The van der Waals surface area contributed by atoms with Crippen molar-refractivity contribution in [3.63, 3.8) is 0 Å². The molecule has 3 atom stereocenters. The summed E-state index contributed by atoms with van der Waals surface area (Å²) < 4.78 is 45.7. The molecule has 0 aliphatic carbocycles. The maximum Gasteiger partial charge on any atom is 0.472 e. The van der Waals surface area contributed by atoms with Gasteiger partial charge in [-0.25, -0.2) is 9.36 Å². The van der Waals surface area contributed by atoms with Crippen molar-refractivity contribution in [1.82, 2.24) is 5.32 Å². The second-order valence-electron chi connectivity index (χ2n) is 11.1. The van der Waals surface area contributed by atoms with Gasteiger partial charge in [-0.3, -0.25) is 9.05 Å². The first-order valence-corrected chi connectivity index (χ1v) is 14.5. The minimum absolute atomic E-state index is 0.109. The molecule has 36 heavy (non-hydrogen) atoms. The molecule has 0 aromatic heterocycles. The Hall–Kier alpha value is -0.780. The van der Waals surface area contributed by atoms with Crippen LogP contribution in [-0.2, 0) is 32.6 Å². The summed E-state index contributed by atoms with van der Waals surface area (Å²) in [5, 5.41) is 2.75. The minimum Gasteiger partial charge on any atom is -0.444 e. The Bertz CT molecular complexity index is 646. The summed E-state index contributed by atoms with van der Waals surface area (Å²) in [6.07, 6.45) is 5.08. The molecule has 0 radical (unpaired) electrons. The van der Waals surface area contributed by atoms with Gasteiger partial charge >= 0.3 is 13.9 Å². The smallest absolute Gasteiger partial charge is 0.444 e. The van der Waals surface area contributed by atoms with Gasteiger partial charge in [-0.2, -0.15) is 0 Å². The number of nitrogens with zero attached hydrogens (tertiary/aromatic N) is 1. The van der Waals surface area contributed by atoms with Crippen LogP contribution in [0.4, 0.5) is 4.79 Å². The van der Waals surface area contributed by atoms with Crippen LogP contribution in [0.5, 0.6) is 0 Å². The fourth-order valence-corrected chi connectivity index (χ4v) is 3.95. The van der Waals surface area contributed by atoms with Crippen LogP contribution in [0.2, 0.25) is 0 Å². The van der Waals surface area contributed by atoms with Gasteiger partial charge in [0.1, 0.15) is 24.9 Å². The molecule has 214 valence electrons. The molecule has 1 heterocycles. The van der Waals surface area contributed by atoms with Gasteiger partial charge in [-0.1, -0.05) is 12.8 Å². The van der Waals surface area contributed by atoms with Crippen LogP contribution in [0.3, 0.4) is 0 Å². The van der Waals surface area contributed by atoms with Gasteiger partial charge in [0.05, 0.1) is 34.4 Å². The van der Waals surface area contributed by atoms with Crippen molar-refractivity contribution in [3.8, 4) is 0 Å². The van der Waals surface area contributed by atoms with E-state index in [1.807, 2.05) is 41.9 Å². The Morgan fingerprint density at radius 3 is 2.44 bits per heavy atom. The molecule has 0 spiro atoms. The third-order valence-corrected chi connectivity index (χ3v) is 6.09. The van der Waals surface area contributed by atoms with E-state index in [2.05, 4.69) is 5.32 Å². The number of hydrogen-bond acceptors (Lipinski definition) is 8. The van der Waals surface area contributed by atoms with Crippen LogP contribution >= 0.6 is 7.82 Å². The second-order valence-corrected chi connectivity index (χ2v) is 12.5. The average molecular weight is 542 g/mol. The SMILES string of the molecule is CC(C)(C)OC(=O)NCCCCCCOC[C@H](COP(=O)(O)OCC[N+](C)(C)C)OC1CCCCO1. The van der Waals surface area contributed by atoms with E-state index in [1.165, 1.54) is 0 Å². The van der Waals surface area contributed by atoms with Crippen molar-refractivity contribution >= 4 is 13.9 Å². The lowest BCUT2D eigenvalue weighted by Gasteiger charge is -2.28. The Kier molecular flexibility index (Phi) is 15.6. The first kappa shape index (κ1) is 33.2. The average Bonchev–Trinajstić information content (AvgIpc) is 2.74. The molecule has 2 N–H and O–H groups in total. The number of phosphoric ester groups is 1. The molecule has 0 bridgehead atoms. The number of unbranched alkanes of at least 4 members (excludes halogenated alkanes) is 3. The summed E-state index contributed by atoms with van der Waals surface area (Å²) in [7, 11) is 1.72. The summed E-state index contributed by atoms with van der Waals surface area (Å²) in [6, 6.07) is 0. The van der Waals surface area contributed by atoms with Gasteiger partial charge in [0, 0.05) is 19.8 Å². The van der Waals surface area contributed by atoms with E-state index in [1.54, 1.807) is 0 Å². The maximum absolute atomic E-state index is 12.3. The van der Waals surface area contributed by atoms with Crippen LogP contribution in [-0.4, -0.2) is 101 Å². The van der Waals surface area contributed by atoms with Crippen molar-refractivity contribution in [2.24, 2.45) is 0 Å². The van der Waals surface area contributed by atoms with Gasteiger partial charge in [0.25, 0.3) is 0 Å². The standard InChI is InChI=1S/C24H49N2O9P/c1-24(2,3)35-23(27)25-14-10-7-8-11-16-30-19-21(34-22-13-9-12-17-31-22)20-33-36(28,29)32-18-15-26(4,5)6/h21-22H,7-20H2,1-6H3,(H-,25,27,28,29)/p+1/t21-,22?/m1/s1. The first-order chi connectivity index (χ1) is 16.8. The van der Waals surface area contributed by atoms with Crippen LogP contribution < -0.4 is 5.32 Å². The quantitative estimate of drug-likeness (QED) is 0.151. The number of carbonyl (C=O) groups excluding carboxylic acids is 1. The molecule has 0 aromatic carbocycles. The molecule has 1 fully saturated rings. The van der Waals surface area contributed by atoms with Crippen LogP contribution in [0.1, 0.15) is 65.7 Å². The molecule has 1 aliphatic heterocycles. The van der Waals surface area contributed by atoms with E-state index in [-0.39, 0.29) is 26.1 Å². The Labute approximate surface area is 217 Å². The van der Waals surface area contributed by atoms with Gasteiger partial charge in [-0.15, -0.1) is 0 Å². The van der Waals surface area contributed by atoms with Gasteiger partial charge in [0.2, 0.25) is 0 Å². The van der Waals surface area contributed by atoms with Crippen LogP contribution in [0.15, 0.2) is 0 Å². The van der Waals surface area contributed by atoms with Crippen molar-refractivity contribution < 1.29 is 46.7 Å². The van der Waals surface area contributed by atoms with E-state index in [4.69, 9.17) is 28.0 Å². The third kappa shape index (κ3) is 19.3. The van der Waals surface area contributed by atoms with E-state index in [0.717, 1.165) is 44.9 Å². The van der Waals surface area contributed by atoms with Gasteiger partial charge in [-0.05, 0) is 52.9 Å². The largest absolute Gasteiger partial charge is 0.472 e. The fraction of sp³-hybridized carbons (Fsp3) is 0.958. The number of ether oxygens (including phenoxy) is 4. The number of quaternary nitrogens is 1. The number of alkyl carbamates (subject to hydrolysis) is 1. The highest BCUT2D eigenvalue weighted by Gasteiger charge is 2.27. The summed E-state index contributed by atoms with van der Waals surface area (Å²) in [5.74, 6) is 0. The summed E-state index contributed by atoms with van der Waals surface area (Å²) in [5.41, 5.74) is -0.496. The van der Waals surface area contributed by atoms with Crippen molar-refractivity contribution in [2.75, 3.05) is 67.3 Å². The van der Waals surface area contributed by atoms with Crippen LogP contribution in [0.25, 0.3) is 0 Å². The number of phosphoric acid groups is 1. The zero-order valence-corrected chi connectivity index (χ0v) is 24.1. The number of amides is 1. The molecular weight excluding hydrogens is 491 g/mol. The number of hydrogen-bond donors (Lipinski definition) is 2. The molecule has 12 heteroatoms. The lowest BCUT2D eigenvalue weighted by atomic mass is 10.2. The molecule has 0 saturated carbocycles. The molecule has 1 aliphatic rings. The zero-order chi connectivity index (χ0) is 27.1. The van der Waals surface area contributed by atoms with Crippen molar-refractivity contribution in [1.29, 1.82) is 0 Å². The van der Waals surface area contributed by atoms with E-state index < -0.39 is 25.6 Å². The maximum atomic E-state index is 12.3. The molecule has 11 nitrogen and oxygen atoms in total. The molecule has 1 amide bonds. The Morgan fingerprint density at radius 1 is 1.08 bits per heavy atom. The number of likely N-dealkylation sites (N-methyl/N-ethyl adjacent to an activating group) is 1. The number of nitrogens with one attached hydrogen (secondary N) is 1. The molecule has 2 unspecified atom stereocenters. The normalized spacial score (nSPS) is 19.5. The topological polar surface area (TPSA) is 122 Å². The van der Waals surface area contributed by atoms with E-state index in [9.17, 15) is 14.3 Å². The third-order valence-electron chi connectivity index (χ3n) is 5.11. The highest BCUT2D eigenvalue weighted by atomic mass is 31.2. The minimum atomic E-state index is -4.19. The highest BCUT2D eigenvalue weighted by molar-refractivity contribution is 7.47. The zero-order valence-electron chi connectivity index (χ0n) is 23.2. The first-order valence-electron chi connectivity index (χ1n) is 13.0. The number of carbonyl (C=O) groups is 1. The Morgan fingerprint density at radius 2 is 1.81 bits per heavy atom. The monoisotopic (exact) mass is 541 g/mol. The molecular formula is C24H50N2O9P+. The van der Waals surface area contributed by atoms with Gasteiger partial charge in [0.15, 0.2) is 6.29 Å². The molecule has 1 saturated heterocycles. The van der Waals surface area contributed by atoms with Crippen LogP contribution in [0, 0.1) is 0 Å². The van der Waals surface area contributed by atoms with Crippen molar-refractivity contribution in [3.05, 3.63) is 0 Å². The Balaban J connectivity index is 2.28. The van der Waals surface area contributed by atoms with Crippen molar-refractivity contribution in [2.45, 2.75) is 83.7 Å². The van der Waals surface area contributed by atoms with Gasteiger partial charge < -0.3 is 33.6 Å². The summed E-state index contributed by atoms with van der Waals surface area (Å²) in [4.78, 5) is 21.6. The molecule has 0 aromatic rings. The number of rotatable bonds is 18. The fourth-order valence-electron chi connectivity index (χ4n) is 3.21. The summed E-state index contributed by atoms with van der Waals surface area (Å²) >= 11 is 0. The lowest BCUT2D eigenvalue weighted by Crippen LogP contribution is -2.37. The predicted octanol–water partition coefficient (Wildman–Crippen LogP) is 3.84. The second kappa shape index (κ2) is 16.9. The van der Waals surface area contributed by atoms with E-state index >= 15 is 0 Å². The molecule has 1 rings (SSSR count). The summed E-state index contributed by atoms with van der Waals surface area (Å²) in [6.45, 7) is 8.01. The van der Waals surface area contributed by atoms with E-state index in [0.29, 0.717) is 30.8 Å².